The Morgan fingerprint density at radius 1 is 1.25 bits per heavy atom. The lowest BCUT2D eigenvalue weighted by Crippen LogP contribution is -2.55. The molecule has 0 radical (unpaired) electrons. The van der Waals surface area contributed by atoms with Crippen LogP contribution < -0.4 is 0 Å². The number of piperazine rings is 1. The van der Waals surface area contributed by atoms with E-state index in [1.54, 1.807) is 11.8 Å². The molecule has 1 aliphatic rings. The molecule has 20 heavy (non-hydrogen) atoms. The van der Waals surface area contributed by atoms with E-state index in [0.717, 1.165) is 0 Å². The third kappa shape index (κ3) is 4.09. The Morgan fingerprint density at radius 3 is 2.25 bits per heavy atom. The number of nitrogens with zero attached hydrogens (tertiary/aromatic N) is 3. The van der Waals surface area contributed by atoms with Crippen LogP contribution in [0.2, 0.25) is 0 Å². The molecule has 8 heteroatoms. The number of esters is 1. The van der Waals surface area contributed by atoms with Gasteiger partial charge in [-0.2, -0.15) is 0 Å². The van der Waals surface area contributed by atoms with Gasteiger partial charge in [0.15, 0.2) is 0 Å². The first-order chi connectivity index (χ1) is 9.36. The molecule has 0 aliphatic carbocycles. The Balaban J connectivity index is 2.46. The molecule has 1 fully saturated rings. The minimum Gasteiger partial charge on any atom is -0.480 e. The van der Waals surface area contributed by atoms with E-state index in [1.165, 1.54) is 19.1 Å². The van der Waals surface area contributed by atoms with Gasteiger partial charge >= 0.3 is 18.0 Å². The Morgan fingerprint density at radius 2 is 1.80 bits per heavy atom. The third-order valence-corrected chi connectivity index (χ3v) is 3.41. The summed E-state index contributed by atoms with van der Waals surface area (Å²) in [6.07, 6.45) is 0. The molecule has 0 aromatic heterocycles. The fraction of sp³-hybridized carbons (Fsp3) is 0.750. The van der Waals surface area contributed by atoms with Crippen LogP contribution in [0.15, 0.2) is 0 Å². The molecule has 2 amide bonds. The Kier molecular flexibility index (Phi) is 5.75. The van der Waals surface area contributed by atoms with E-state index in [4.69, 9.17) is 5.11 Å². The van der Waals surface area contributed by atoms with Crippen LogP contribution >= 0.6 is 0 Å². The van der Waals surface area contributed by atoms with E-state index in [0.29, 0.717) is 26.2 Å². The lowest BCUT2D eigenvalue weighted by molar-refractivity contribution is -0.143. The minimum atomic E-state index is -0.868. The van der Waals surface area contributed by atoms with Crippen LogP contribution in [0.3, 0.4) is 0 Å². The van der Waals surface area contributed by atoms with E-state index >= 15 is 0 Å². The number of hydrogen-bond acceptors (Lipinski definition) is 5. The number of likely N-dealkylation sites (N-methyl/N-ethyl adjacent to an activating group) is 1. The molecule has 1 unspecified atom stereocenters. The summed E-state index contributed by atoms with van der Waals surface area (Å²) in [5, 5.41) is 8.94. The zero-order valence-corrected chi connectivity index (χ0v) is 12.0. The second-order valence-corrected chi connectivity index (χ2v) is 4.75. The summed E-state index contributed by atoms with van der Waals surface area (Å²) >= 11 is 0. The van der Waals surface area contributed by atoms with Crippen LogP contribution in [0.5, 0.6) is 0 Å². The van der Waals surface area contributed by atoms with Gasteiger partial charge in [0, 0.05) is 33.2 Å². The molecule has 114 valence electrons. The maximum Gasteiger partial charge on any atom is 0.325 e. The van der Waals surface area contributed by atoms with Crippen LogP contribution in [0.25, 0.3) is 0 Å². The topological polar surface area (TPSA) is 90.4 Å². The van der Waals surface area contributed by atoms with Gasteiger partial charge in [-0.05, 0) is 6.92 Å². The van der Waals surface area contributed by atoms with Gasteiger partial charge in [-0.1, -0.05) is 0 Å². The molecule has 1 atom stereocenters. The standard InChI is InChI=1S/C12H21N3O5/c1-9(11(17)18)14-4-6-15(7-5-14)12(19)13(2)8-10(16)20-3/h9H,4-8H2,1-3H3,(H,17,18). The molecule has 0 bridgehead atoms. The van der Waals surface area contributed by atoms with Crippen molar-refractivity contribution in [2.75, 3.05) is 46.9 Å². The number of methoxy groups -OCH3 is 1. The van der Waals surface area contributed by atoms with E-state index < -0.39 is 18.0 Å². The lowest BCUT2D eigenvalue weighted by atomic mass is 10.2. The summed E-state index contributed by atoms with van der Waals surface area (Å²) in [5.74, 6) is -1.34. The number of rotatable bonds is 4. The summed E-state index contributed by atoms with van der Waals surface area (Å²) < 4.78 is 4.51. The zero-order valence-electron chi connectivity index (χ0n) is 12.0. The minimum absolute atomic E-state index is 0.0962. The summed E-state index contributed by atoms with van der Waals surface area (Å²) in [6, 6.07) is -0.807. The second kappa shape index (κ2) is 7.09. The van der Waals surface area contributed by atoms with Gasteiger partial charge in [0.05, 0.1) is 7.11 Å². The molecule has 0 spiro atoms. The third-order valence-electron chi connectivity index (χ3n) is 3.41. The van der Waals surface area contributed by atoms with Crippen molar-refractivity contribution in [3.63, 3.8) is 0 Å². The predicted octanol–water partition coefficient (Wildman–Crippen LogP) is -0.698. The highest BCUT2D eigenvalue weighted by Crippen LogP contribution is 2.08. The maximum absolute atomic E-state index is 12.1. The van der Waals surface area contributed by atoms with Crippen molar-refractivity contribution in [1.29, 1.82) is 0 Å². The Bertz CT molecular complexity index is 379. The highest BCUT2D eigenvalue weighted by molar-refractivity contribution is 5.80. The van der Waals surface area contributed by atoms with Crippen LogP contribution in [0.1, 0.15) is 6.92 Å². The van der Waals surface area contributed by atoms with E-state index in [-0.39, 0.29) is 12.6 Å². The summed E-state index contributed by atoms with van der Waals surface area (Å²) in [6.45, 7) is 3.44. The van der Waals surface area contributed by atoms with Crippen LogP contribution in [-0.2, 0) is 14.3 Å². The Hall–Kier alpha value is -1.83. The zero-order chi connectivity index (χ0) is 15.3. The van der Waals surface area contributed by atoms with Crippen molar-refractivity contribution < 1.29 is 24.2 Å². The number of carbonyl (C=O) groups excluding carboxylic acids is 2. The first kappa shape index (κ1) is 16.2. The predicted molar refractivity (Wildman–Crippen MR) is 70.3 cm³/mol. The van der Waals surface area contributed by atoms with Crippen molar-refractivity contribution >= 4 is 18.0 Å². The normalized spacial score (nSPS) is 17.4. The molecule has 1 saturated heterocycles. The summed E-state index contributed by atoms with van der Waals surface area (Å²) in [7, 11) is 2.80. The number of carboxylic acid groups (broad SMARTS) is 1. The van der Waals surface area contributed by atoms with E-state index in [9.17, 15) is 14.4 Å². The van der Waals surface area contributed by atoms with Gasteiger partial charge in [-0.15, -0.1) is 0 Å². The van der Waals surface area contributed by atoms with Gasteiger partial charge in [0.25, 0.3) is 0 Å². The number of aliphatic carboxylic acids is 1. The molecule has 0 saturated carbocycles. The molecule has 8 nitrogen and oxygen atoms in total. The fourth-order valence-electron chi connectivity index (χ4n) is 2.02. The molecular formula is C12H21N3O5. The largest absolute Gasteiger partial charge is 0.480 e. The number of carbonyl (C=O) groups is 3. The van der Waals surface area contributed by atoms with Gasteiger partial charge < -0.3 is 19.6 Å². The number of carboxylic acids is 1. The second-order valence-electron chi connectivity index (χ2n) is 4.75. The SMILES string of the molecule is COC(=O)CN(C)C(=O)N1CCN(C(C)C(=O)O)CC1. The highest BCUT2D eigenvalue weighted by Gasteiger charge is 2.28. The number of hydrogen-bond donors (Lipinski definition) is 1. The van der Waals surface area contributed by atoms with E-state index in [2.05, 4.69) is 4.74 Å². The fourth-order valence-corrected chi connectivity index (χ4v) is 2.02. The lowest BCUT2D eigenvalue weighted by Gasteiger charge is -2.37. The van der Waals surface area contributed by atoms with E-state index in [1.807, 2.05) is 4.90 Å². The number of ether oxygens (including phenoxy) is 1. The van der Waals surface area contributed by atoms with Crippen LogP contribution in [0.4, 0.5) is 4.79 Å². The monoisotopic (exact) mass is 287 g/mol. The first-order valence-corrected chi connectivity index (χ1v) is 6.40. The van der Waals surface area contributed by atoms with Gasteiger partial charge in [-0.3, -0.25) is 14.5 Å². The van der Waals surface area contributed by atoms with Crippen molar-refractivity contribution in [2.45, 2.75) is 13.0 Å². The van der Waals surface area contributed by atoms with Crippen molar-refractivity contribution in [1.82, 2.24) is 14.7 Å². The van der Waals surface area contributed by atoms with Crippen molar-refractivity contribution in [2.24, 2.45) is 0 Å². The average molecular weight is 287 g/mol. The molecule has 1 heterocycles. The van der Waals surface area contributed by atoms with Gasteiger partial charge in [-0.25, -0.2) is 4.79 Å². The molecule has 1 aliphatic heterocycles. The van der Waals surface area contributed by atoms with Gasteiger partial charge in [0.1, 0.15) is 12.6 Å². The average Bonchev–Trinajstić information content (AvgIpc) is 2.45. The smallest absolute Gasteiger partial charge is 0.325 e. The quantitative estimate of drug-likeness (QED) is 0.688. The molecule has 0 aromatic carbocycles. The van der Waals surface area contributed by atoms with Crippen molar-refractivity contribution in [3.8, 4) is 0 Å². The number of amides is 2. The van der Waals surface area contributed by atoms with Gasteiger partial charge in [0.2, 0.25) is 0 Å². The maximum atomic E-state index is 12.1. The highest BCUT2D eigenvalue weighted by atomic mass is 16.5. The molecule has 0 aromatic rings. The number of urea groups is 1. The van der Waals surface area contributed by atoms with Crippen LogP contribution in [-0.4, -0.2) is 90.7 Å². The molecule has 1 N–H and O–H groups in total. The molecular weight excluding hydrogens is 266 g/mol. The Labute approximate surface area is 117 Å². The summed E-state index contributed by atoms with van der Waals surface area (Å²) in [4.78, 5) is 38.8. The first-order valence-electron chi connectivity index (χ1n) is 6.40. The van der Waals surface area contributed by atoms with Crippen molar-refractivity contribution in [3.05, 3.63) is 0 Å². The summed E-state index contributed by atoms with van der Waals surface area (Å²) in [5.41, 5.74) is 0. The van der Waals surface area contributed by atoms with Crippen LogP contribution in [0, 0.1) is 0 Å². The molecule has 1 rings (SSSR count).